The standard InChI is InChI=1S/C29H29NO4/c1-17(2)34-24-14-13-22(16-20(24)5)27(31)25-26(21-9-7-6-8-10-21)30(29(33)28(25)32)23-15-18(3)11-12-19(23)4/h6-17,26,31H,1-5H3/b27-25-. The summed E-state index contributed by atoms with van der Waals surface area (Å²) in [4.78, 5) is 28.2. The molecule has 0 saturated carbocycles. The van der Waals surface area contributed by atoms with Gasteiger partial charge in [0.05, 0.1) is 17.7 Å². The first kappa shape index (κ1) is 23.3. The van der Waals surface area contributed by atoms with Crippen molar-refractivity contribution in [3.8, 4) is 5.75 Å². The van der Waals surface area contributed by atoms with E-state index in [-0.39, 0.29) is 17.4 Å². The van der Waals surface area contributed by atoms with Crippen LogP contribution < -0.4 is 9.64 Å². The van der Waals surface area contributed by atoms with Crippen molar-refractivity contribution in [2.24, 2.45) is 0 Å². The van der Waals surface area contributed by atoms with Crippen molar-refractivity contribution >= 4 is 23.1 Å². The summed E-state index contributed by atoms with van der Waals surface area (Å²) in [6, 6.07) is 19.7. The molecule has 0 spiro atoms. The number of Topliss-reactive ketones (excluding diaryl/α,β-unsaturated/α-hetero) is 1. The predicted molar refractivity (Wildman–Crippen MR) is 134 cm³/mol. The Morgan fingerprint density at radius 1 is 0.912 bits per heavy atom. The van der Waals surface area contributed by atoms with Crippen LogP contribution in [0.1, 0.15) is 47.7 Å². The van der Waals surface area contributed by atoms with Gasteiger partial charge >= 0.3 is 0 Å². The van der Waals surface area contributed by atoms with E-state index in [9.17, 15) is 14.7 Å². The lowest BCUT2D eigenvalue weighted by atomic mass is 9.94. The molecule has 1 heterocycles. The van der Waals surface area contributed by atoms with Crippen LogP contribution >= 0.6 is 0 Å². The van der Waals surface area contributed by atoms with Gasteiger partial charge in [0, 0.05) is 11.3 Å². The Labute approximate surface area is 200 Å². The number of rotatable bonds is 5. The summed E-state index contributed by atoms with van der Waals surface area (Å²) in [5.74, 6) is -0.839. The summed E-state index contributed by atoms with van der Waals surface area (Å²) in [5, 5.41) is 11.4. The molecule has 1 fully saturated rings. The maximum Gasteiger partial charge on any atom is 0.300 e. The van der Waals surface area contributed by atoms with Crippen LogP contribution in [-0.2, 0) is 9.59 Å². The Morgan fingerprint density at radius 2 is 1.62 bits per heavy atom. The van der Waals surface area contributed by atoms with Gasteiger partial charge in [-0.25, -0.2) is 0 Å². The number of anilines is 1. The highest BCUT2D eigenvalue weighted by Crippen LogP contribution is 2.43. The molecular weight excluding hydrogens is 426 g/mol. The first-order chi connectivity index (χ1) is 16.2. The maximum absolute atomic E-state index is 13.4. The van der Waals surface area contributed by atoms with E-state index in [1.807, 2.05) is 83.1 Å². The molecule has 5 nitrogen and oxygen atoms in total. The Morgan fingerprint density at radius 3 is 2.26 bits per heavy atom. The molecule has 0 aromatic heterocycles. The topological polar surface area (TPSA) is 66.8 Å². The van der Waals surface area contributed by atoms with Gasteiger partial charge in [0.2, 0.25) is 0 Å². The Kier molecular flexibility index (Phi) is 6.29. The van der Waals surface area contributed by atoms with E-state index in [0.717, 1.165) is 22.3 Å². The van der Waals surface area contributed by atoms with Crippen molar-refractivity contribution in [3.63, 3.8) is 0 Å². The minimum atomic E-state index is -0.742. The van der Waals surface area contributed by atoms with E-state index in [1.54, 1.807) is 18.2 Å². The second-order valence-corrected chi connectivity index (χ2v) is 9.02. The SMILES string of the molecule is Cc1ccc(C)c(N2C(=O)C(=O)/C(=C(\O)c3ccc(OC(C)C)c(C)c3)C2c2ccccc2)c1. The zero-order valence-corrected chi connectivity index (χ0v) is 20.1. The number of benzene rings is 3. The molecule has 34 heavy (non-hydrogen) atoms. The molecule has 0 radical (unpaired) electrons. The average molecular weight is 456 g/mol. The number of aliphatic hydroxyl groups excluding tert-OH is 1. The van der Waals surface area contributed by atoms with Crippen molar-refractivity contribution in [1.29, 1.82) is 0 Å². The van der Waals surface area contributed by atoms with E-state index in [2.05, 4.69) is 0 Å². The van der Waals surface area contributed by atoms with Gasteiger partial charge in [-0.3, -0.25) is 14.5 Å². The number of hydrogen-bond acceptors (Lipinski definition) is 4. The molecule has 0 aliphatic carbocycles. The number of aliphatic hydroxyl groups is 1. The lowest BCUT2D eigenvalue weighted by Gasteiger charge is -2.27. The number of nitrogens with zero attached hydrogens (tertiary/aromatic N) is 1. The van der Waals surface area contributed by atoms with Gasteiger partial charge in [-0.15, -0.1) is 0 Å². The predicted octanol–water partition coefficient (Wildman–Crippen LogP) is 6.03. The maximum atomic E-state index is 13.4. The van der Waals surface area contributed by atoms with E-state index in [1.165, 1.54) is 4.90 Å². The molecule has 5 heteroatoms. The van der Waals surface area contributed by atoms with E-state index in [4.69, 9.17) is 4.74 Å². The van der Waals surface area contributed by atoms with Crippen LogP contribution in [0.3, 0.4) is 0 Å². The molecule has 3 aromatic carbocycles. The first-order valence-corrected chi connectivity index (χ1v) is 11.4. The fourth-order valence-corrected chi connectivity index (χ4v) is 4.35. The van der Waals surface area contributed by atoms with Gasteiger partial charge in [-0.2, -0.15) is 0 Å². The molecular formula is C29H29NO4. The van der Waals surface area contributed by atoms with Crippen molar-refractivity contribution in [1.82, 2.24) is 0 Å². The van der Waals surface area contributed by atoms with Crippen LogP contribution in [-0.4, -0.2) is 22.9 Å². The highest BCUT2D eigenvalue weighted by atomic mass is 16.5. The van der Waals surface area contributed by atoms with E-state index < -0.39 is 17.7 Å². The molecule has 1 atom stereocenters. The van der Waals surface area contributed by atoms with Crippen LogP contribution in [0, 0.1) is 20.8 Å². The molecule has 1 unspecified atom stereocenters. The lowest BCUT2D eigenvalue weighted by molar-refractivity contribution is -0.132. The van der Waals surface area contributed by atoms with E-state index >= 15 is 0 Å². The minimum Gasteiger partial charge on any atom is -0.507 e. The number of carbonyl (C=O) groups is 2. The first-order valence-electron chi connectivity index (χ1n) is 11.4. The lowest BCUT2D eigenvalue weighted by Crippen LogP contribution is -2.30. The highest BCUT2D eigenvalue weighted by Gasteiger charge is 2.47. The Bertz CT molecular complexity index is 1290. The van der Waals surface area contributed by atoms with Gasteiger partial charge in [0.15, 0.2) is 0 Å². The monoisotopic (exact) mass is 455 g/mol. The van der Waals surface area contributed by atoms with Crippen LogP contribution in [0.2, 0.25) is 0 Å². The number of ketones is 1. The molecule has 0 bridgehead atoms. The van der Waals surface area contributed by atoms with Crippen LogP contribution in [0.4, 0.5) is 5.69 Å². The Hall–Kier alpha value is -3.86. The smallest absolute Gasteiger partial charge is 0.300 e. The molecule has 1 amide bonds. The summed E-state index contributed by atoms with van der Waals surface area (Å²) < 4.78 is 5.81. The van der Waals surface area contributed by atoms with E-state index in [0.29, 0.717) is 17.0 Å². The highest BCUT2D eigenvalue weighted by molar-refractivity contribution is 6.51. The third kappa shape index (κ3) is 4.21. The molecule has 1 N–H and O–H groups in total. The van der Waals surface area contributed by atoms with Gasteiger partial charge in [-0.1, -0.05) is 42.5 Å². The number of hydrogen-bond donors (Lipinski definition) is 1. The van der Waals surface area contributed by atoms with Gasteiger partial charge in [0.25, 0.3) is 11.7 Å². The van der Waals surface area contributed by atoms with Crippen LogP contribution in [0.25, 0.3) is 5.76 Å². The van der Waals surface area contributed by atoms with Crippen LogP contribution in [0.5, 0.6) is 5.75 Å². The number of aryl methyl sites for hydroxylation is 3. The fraction of sp³-hybridized carbons (Fsp3) is 0.241. The molecule has 1 aliphatic rings. The third-order valence-electron chi connectivity index (χ3n) is 5.99. The van der Waals surface area contributed by atoms with Gasteiger partial charge in [-0.05, 0) is 81.1 Å². The minimum absolute atomic E-state index is 0.0131. The molecule has 4 rings (SSSR count). The largest absolute Gasteiger partial charge is 0.507 e. The summed E-state index contributed by atoms with van der Waals surface area (Å²) in [6.07, 6.45) is 0.0131. The van der Waals surface area contributed by atoms with Gasteiger partial charge in [0.1, 0.15) is 11.5 Å². The average Bonchev–Trinajstić information content (AvgIpc) is 3.07. The number of carbonyl (C=O) groups excluding carboxylic acids is 2. The summed E-state index contributed by atoms with van der Waals surface area (Å²) in [5.41, 5.74) is 4.64. The summed E-state index contributed by atoms with van der Waals surface area (Å²) in [6.45, 7) is 9.63. The number of ether oxygens (including phenoxy) is 1. The van der Waals surface area contributed by atoms with Crippen molar-refractivity contribution < 1.29 is 19.4 Å². The van der Waals surface area contributed by atoms with Crippen LogP contribution in [0.15, 0.2) is 72.3 Å². The number of amides is 1. The molecule has 174 valence electrons. The second kappa shape index (κ2) is 9.18. The zero-order valence-electron chi connectivity index (χ0n) is 20.1. The quantitative estimate of drug-likeness (QED) is 0.290. The van der Waals surface area contributed by atoms with Gasteiger partial charge < -0.3 is 9.84 Å². The van der Waals surface area contributed by atoms with Crippen molar-refractivity contribution in [2.45, 2.75) is 46.8 Å². The molecule has 3 aromatic rings. The molecule has 1 saturated heterocycles. The normalized spacial score (nSPS) is 17.5. The Balaban J connectivity index is 1.91. The second-order valence-electron chi connectivity index (χ2n) is 9.02. The summed E-state index contributed by atoms with van der Waals surface area (Å²) in [7, 11) is 0. The fourth-order valence-electron chi connectivity index (χ4n) is 4.35. The van der Waals surface area contributed by atoms with Crippen molar-refractivity contribution in [2.75, 3.05) is 4.90 Å². The molecule has 1 aliphatic heterocycles. The summed E-state index contributed by atoms with van der Waals surface area (Å²) >= 11 is 0. The third-order valence-corrected chi connectivity index (χ3v) is 5.99. The zero-order chi connectivity index (χ0) is 24.6. The van der Waals surface area contributed by atoms with Crippen molar-refractivity contribution in [3.05, 3.63) is 100 Å².